The molecule has 1 unspecified atom stereocenters. The quantitative estimate of drug-likeness (QED) is 0.430. The van der Waals surface area contributed by atoms with Gasteiger partial charge in [0.25, 0.3) is 0 Å². The number of ether oxygens (including phenoxy) is 2. The van der Waals surface area contributed by atoms with E-state index < -0.39 is 11.9 Å². The van der Waals surface area contributed by atoms with Crippen LogP contribution in [0.25, 0.3) is 0 Å². The summed E-state index contributed by atoms with van der Waals surface area (Å²) in [5.74, 6) is -0.579. The Hall–Kier alpha value is -2.76. The maximum Gasteiger partial charge on any atom is 0.336 e. The monoisotopic (exact) mass is 441 g/mol. The van der Waals surface area contributed by atoms with Gasteiger partial charge in [0.1, 0.15) is 0 Å². The summed E-state index contributed by atoms with van der Waals surface area (Å²) in [6.45, 7) is 10.7. The Kier molecular flexibility index (Phi) is 7.32. The van der Waals surface area contributed by atoms with Crippen molar-refractivity contribution in [1.82, 2.24) is 5.32 Å². The Morgan fingerprint density at radius 2 is 1.97 bits per heavy atom. The van der Waals surface area contributed by atoms with Crippen molar-refractivity contribution in [2.24, 2.45) is 5.41 Å². The van der Waals surface area contributed by atoms with E-state index in [1.165, 1.54) is 0 Å². The Bertz CT molecular complexity index is 957. The molecule has 6 nitrogen and oxygen atoms in total. The molecule has 0 aromatic heterocycles. The summed E-state index contributed by atoms with van der Waals surface area (Å²) in [5, 5.41) is 13.5. The van der Waals surface area contributed by atoms with Crippen LogP contribution in [0.3, 0.4) is 0 Å². The molecule has 6 heteroatoms. The zero-order valence-corrected chi connectivity index (χ0v) is 19.8. The SMILES string of the molecule is CCCCCOC(=O)C1=C(C)NC2=C(C(=O)CC(C)(C)C2)C1c1ccc(O)c(OCC)c1. The molecule has 1 atom stereocenters. The van der Waals surface area contributed by atoms with Gasteiger partial charge in [0.2, 0.25) is 0 Å². The van der Waals surface area contributed by atoms with Gasteiger partial charge < -0.3 is 19.9 Å². The first-order chi connectivity index (χ1) is 15.2. The third kappa shape index (κ3) is 5.00. The zero-order chi connectivity index (χ0) is 23.5. The number of carbonyl (C=O) groups is 2. The summed E-state index contributed by atoms with van der Waals surface area (Å²) in [5.41, 5.74) is 3.20. The molecular formula is C26H35NO5. The smallest absolute Gasteiger partial charge is 0.336 e. The summed E-state index contributed by atoms with van der Waals surface area (Å²) in [4.78, 5) is 26.5. The summed E-state index contributed by atoms with van der Waals surface area (Å²) >= 11 is 0. The number of Topliss-reactive ketones (excluding diaryl/α,β-unsaturated/α-hetero) is 1. The molecule has 1 aliphatic carbocycles. The molecule has 1 aliphatic heterocycles. The molecule has 3 rings (SSSR count). The summed E-state index contributed by atoms with van der Waals surface area (Å²) < 4.78 is 11.2. The highest BCUT2D eigenvalue weighted by atomic mass is 16.5. The first-order valence-corrected chi connectivity index (χ1v) is 11.5. The van der Waals surface area contributed by atoms with E-state index in [9.17, 15) is 14.7 Å². The van der Waals surface area contributed by atoms with Crippen LogP contribution in [0, 0.1) is 5.41 Å². The average Bonchev–Trinajstić information content (AvgIpc) is 2.71. The van der Waals surface area contributed by atoms with E-state index in [-0.39, 0.29) is 16.9 Å². The number of hydrogen-bond acceptors (Lipinski definition) is 6. The average molecular weight is 442 g/mol. The van der Waals surface area contributed by atoms with Crippen LogP contribution in [0.15, 0.2) is 40.7 Å². The fraction of sp³-hybridized carbons (Fsp3) is 0.538. The molecule has 2 N–H and O–H groups in total. The minimum atomic E-state index is -0.562. The third-order valence-corrected chi connectivity index (χ3v) is 6.06. The van der Waals surface area contributed by atoms with Gasteiger partial charge in [-0.15, -0.1) is 0 Å². The standard InChI is InChI=1S/C26H35NO5/c1-6-8-9-12-32-25(30)22-16(3)27-18-14-26(4,5)15-20(29)24(18)23(22)17-10-11-19(28)21(13-17)31-7-2/h10-11,13,23,27-28H,6-9,12,14-15H2,1-5H3. The van der Waals surface area contributed by atoms with E-state index in [1.54, 1.807) is 18.2 Å². The lowest BCUT2D eigenvalue weighted by atomic mass is 9.68. The van der Waals surface area contributed by atoms with E-state index in [1.807, 2.05) is 13.8 Å². The van der Waals surface area contributed by atoms with Crippen LogP contribution in [0.1, 0.15) is 78.2 Å². The number of carbonyl (C=O) groups excluding carboxylic acids is 2. The second-order valence-corrected chi connectivity index (χ2v) is 9.43. The lowest BCUT2D eigenvalue weighted by Gasteiger charge is -2.39. The largest absolute Gasteiger partial charge is 0.504 e. The van der Waals surface area contributed by atoms with Crippen LogP contribution >= 0.6 is 0 Å². The van der Waals surface area contributed by atoms with Crippen molar-refractivity contribution in [1.29, 1.82) is 0 Å². The molecule has 1 aromatic rings. The lowest BCUT2D eigenvalue weighted by Crippen LogP contribution is -2.38. The number of unbranched alkanes of at least 4 members (excludes halogenated alkanes) is 2. The molecule has 1 aromatic carbocycles. The van der Waals surface area contributed by atoms with Crippen LogP contribution in [0.2, 0.25) is 0 Å². The van der Waals surface area contributed by atoms with Gasteiger partial charge in [0.15, 0.2) is 17.3 Å². The first-order valence-electron chi connectivity index (χ1n) is 11.5. The number of benzene rings is 1. The molecule has 32 heavy (non-hydrogen) atoms. The molecule has 2 aliphatic rings. The highest BCUT2D eigenvalue weighted by Crippen LogP contribution is 2.47. The number of aromatic hydroxyl groups is 1. The highest BCUT2D eigenvalue weighted by Gasteiger charge is 2.43. The van der Waals surface area contributed by atoms with Crippen molar-refractivity contribution in [3.05, 3.63) is 46.3 Å². The highest BCUT2D eigenvalue weighted by molar-refractivity contribution is 6.04. The number of esters is 1. The van der Waals surface area contributed by atoms with Crippen LogP contribution < -0.4 is 10.1 Å². The maximum absolute atomic E-state index is 13.3. The number of rotatable bonds is 8. The molecule has 0 fully saturated rings. The van der Waals surface area contributed by atoms with Crippen molar-refractivity contribution < 1.29 is 24.2 Å². The number of nitrogens with one attached hydrogen (secondary N) is 1. The molecule has 1 heterocycles. The number of phenols is 1. The van der Waals surface area contributed by atoms with Gasteiger partial charge in [0, 0.05) is 29.3 Å². The van der Waals surface area contributed by atoms with Crippen molar-refractivity contribution in [3.8, 4) is 11.5 Å². The number of allylic oxidation sites excluding steroid dienone is 3. The van der Waals surface area contributed by atoms with Crippen LogP contribution in [0.4, 0.5) is 0 Å². The summed E-state index contributed by atoms with van der Waals surface area (Å²) in [6, 6.07) is 5.03. The second-order valence-electron chi connectivity index (χ2n) is 9.43. The predicted molar refractivity (Wildman–Crippen MR) is 123 cm³/mol. The van der Waals surface area contributed by atoms with Gasteiger partial charge in [-0.25, -0.2) is 4.79 Å². The fourth-order valence-electron chi connectivity index (χ4n) is 4.62. The molecule has 0 saturated carbocycles. The fourth-order valence-corrected chi connectivity index (χ4v) is 4.62. The lowest BCUT2D eigenvalue weighted by molar-refractivity contribution is -0.139. The van der Waals surface area contributed by atoms with E-state index in [0.29, 0.717) is 42.2 Å². The van der Waals surface area contributed by atoms with Gasteiger partial charge >= 0.3 is 5.97 Å². The number of phenolic OH excluding ortho intramolecular Hbond substituents is 1. The minimum Gasteiger partial charge on any atom is -0.504 e. The van der Waals surface area contributed by atoms with Crippen molar-refractivity contribution in [2.45, 2.75) is 72.6 Å². The van der Waals surface area contributed by atoms with Crippen molar-refractivity contribution >= 4 is 11.8 Å². The summed E-state index contributed by atoms with van der Waals surface area (Å²) in [6.07, 6.45) is 3.97. The molecular weight excluding hydrogens is 406 g/mol. The third-order valence-electron chi connectivity index (χ3n) is 6.06. The zero-order valence-electron chi connectivity index (χ0n) is 19.8. The second kappa shape index (κ2) is 9.80. The Balaban J connectivity index is 2.07. The molecule has 174 valence electrons. The van der Waals surface area contributed by atoms with Gasteiger partial charge in [0.05, 0.1) is 18.8 Å². The van der Waals surface area contributed by atoms with Gasteiger partial charge in [-0.05, 0) is 49.8 Å². The molecule has 0 bridgehead atoms. The minimum absolute atomic E-state index is 0.0271. The van der Waals surface area contributed by atoms with Crippen LogP contribution in [-0.2, 0) is 14.3 Å². The van der Waals surface area contributed by atoms with Crippen LogP contribution in [-0.4, -0.2) is 30.1 Å². The number of hydrogen-bond donors (Lipinski definition) is 2. The molecule has 0 amide bonds. The molecule has 0 radical (unpaired) electrons. The first kappa shape index (κ1) is 23.9. The molecule has 0 saturated heterocycles. The Morgan fingerprint density at radius 1 is 1.22 bits per heavy atom. The van der Waals surface area contributed by atoms with E-state index >= 15 is 0 Å². The topological polar surface area (TPSA) is 84.9 Å². The van der Waals surface area contributed by atoms with E-state index in [2.05, 4.69) is 26.1 Å². The number of dihydropyridines is 1. The Morgan fingerprint density at radius 3 is 2.66 bits per heavy atom. The predicted octanol–water partition coefficient (Wildman–Crippen LogP) is 5.13. The van der Waals surface area contributed by atoms with Gasteiger partial charge in [-0.2, -0.15) is 0 Å². The normalized spacial score (nSPS) is 20.0. The van der Waals surface area contributed by atoms with Crippen molar-refractivity contribution in [3.63, 3.8) is 0 Å². The van der Waals surface area contributed by atoms with Gasteiger partial charge in [-0.1, -0.05) is 39.7 Å². The maximum atomic E-state index is 13.3. The summed E-state index contributed by atoms with van der Waals surface area (Å²) in [7, 11) is 0. The van der Waals surface area contributed by atoms with Gasteiger partial charge in [-0.3, -0.25) is 4.79 Å². The molecule has 0 spiro atoms. The van der Waals surface area contributed by atoms with Crippen molar-refractivity contribution in [2.75, 3.05) is 13.2 Å². The van der Waals surface area contributed by atoms with Crippen LogP contribution in [0.5, 0.6) is 11.5 Å². The van der Waals surface area contributed by atoms with E-state index in [4.69, 9.17) is 9.47 Å². The number of ketones is 1. The Labute approximate surface area is 190 Å². The van der Waals surface area contributed by atoms with E-state index in [0.717, 1.165) is 36.9 Å².